The topological polar surface area (TPSA) is 29.9 Å². The molecule has 0 saturated carbocycles. The maximum absolute atomic E-state index is 4.59. The molecule has 0 amide bonds. The fourth-order valence-electron chi connectivity index (χ4n) is 2.28. The van der Waals surface area contributed by atoms with Crippen LogP contribution >= 0.6 is 0 Å². The first-order valence-electron chi connectivity index (χ1n) is 6.85. The van der Waals surface area contributed by atoms with Crippen molar-refractivity contribution in [3.63, 3.8) is 0 Å². The zero-order chi connectivity index (χ0) is 12.8. The molecule has 0 saturated heterocycles. The highest BCUT2D eigenvalue weighted by atomic mass is 15.3. The van der Waals surface area contributed by atoms with Gasteiger partial charge in [-0.3, -0.25) is 4.68 Å². The lowest BCUT2D eigenvalue weighted by Gasteiger charge is -2.20. The summed E-state index contributed by atoms with van der Waals surface area (Å²) in [5.41, 5.74) is 2.60. The Morgan fingerprint density at radius 2 is 2.06 bits per heavy atom. The largest absolute Gasteiger partial charge is 0.317 e. The summed E-state index contributed by atoms with van der Waals surface area (Å²) in [6.07, 6.45) is 3.33. The van der Waals surface area contributed by atoms with Crippen LogP contribution in [-0.2, 0) is 19.4 Å². The Hall–Kier alpha value is -0.830. The number of aromatic nitrogens is 2. The van der Waals surface area contributed by atoms with Crippen LogP contribution in [0.2, 0.25) is 0 Å². The molecular weight excluding hydrogens is 210 g/mol. The van der Waals surface area contributed by atoms with Crippen LogP contribution in [-0.4, -0.2) is 22.9 Å². The van der Waals surface area contributed by atoms with E-state index in [1.54, 1.807) is 0 Å². The van der Waals surface area contributed by atoms with Gasteiger partial charge in [-0.1, -0.05) is 20.8 Å². The SMILES string of the molecule is CCc1cc(CCC(NC)C(C)C)n(CC)n1. The molecule has 1 atom stereocenters. The molecule has 0 aliphatic carbocycles. The molecule has 0 bridgehead atoms. The molecule has 0 aliphatic heterocycles. The Labute approximate surface area is 106 Å². The summed E-state index contributed by atoms with van der Waals surface area (Å²) >= 11 is 0. The van der Waals surface area contributed by atoms with Crippen molar-refractivity contribution < 1.29 is 0 Å². The molecule has 1 heterocycles. The fourth-order valence-corrected chi connectivity index (χ4v) is 2.28. The van der Waals surface area contributed by atoms with Gasteiger partial charge in [0, 0.05) is 18.3 Å². The Morgan fingerprint density at radius 1 is 1.35 bits per heavy atom. The number of aryl methyl sites for hydroxylation is 3. The molecule has 1 N–H and O–H groups in total. The first kappa shape index (κ1) is 14.2. The summed E-state index contributed by atoms with van der Waals surface area (Å²) in [5.74, 6) is 0.684. The molecule has 17 heavy (non-hydrogen) atoms. The van der Waals surface area contributed by atoms with E-state index in [0.29, 0.717) is 12.0 Å². The van der Waals surface area contributed by atoms with Gasteiger partial charge in [-0.2, -0.15) is 5.10 Å². The average molecular weight is 237 g/mol. The van der Waals surface area contributed by atoms with Crippen LogP contribution in [0.4, 0.5) is 0 Å². The predicted octanol–water partition coefficient (Wildman–Crippen LogP) is 2.64. The van der Waals surface area contributed by atoms with E-state index in [4.69, 9.17) is 0 Å². The van der Waals surface area contributed by atoms with Crippen LogP contribution in [0.5, 0.6) is 0 Å². The minimum atomic E-state index is 0.597. The van der Waals surface area contributed by atoms with Crippen LogP contribution in [0, 0.1) is 5.92 Å². The normalized spacial score (nSPS) is 13.3. The van der Waals surface area contributed by atoms with Crippen molar-refractivity contribution in [3.8, 4) is 0 Å². The van der Waals surface area contributed by atoms with Gasteiger partial charge >= 0.3 is 0 Å². The third-order valence-electron chi connectivity index (χ3n) is 3.46. The minimum Gasteiger partial charge on any atom is -0.317 e. The van der Waals surface area contributed by atoms with Crippen molar-refractivity contribution in [2.75, 3.05) is 7.05 Å². The summed E-state index contributed by atoms with van der Waals surface area (Å²) in [6.45, 7) is 9.84. The summed E-state index contributed by atoms with van der Waals surface area (Å²) in [7, 11) is 2.05. The van der Waals surface area contributed by atoms with Gasteiger partial charge in [-0.15, -0.1) is 0 Å². The second-order valence-electron chi connectivity index (χ2n) is 4.97. The molecule has 98 valence electrons. The molecule has 0 radical (unpaired) electrons. The zero-order valence-electron chi connectivity index (χ0n) is 12.0. The third-order valence-corrected chi connectivity index (χ3v) is 3.46. The summed E-state index contributed by atoms with van der Waals surface area (Å²) in [5, 5.41) is 7.99. The number of nitrogens with zero attached hydrogens (tertiary/aromatic N) is 2. The monoisotopic (exact) mass is 237 g/mol. The highest BCUT2D eigenvalue weighted by Gasteiger charge is 2.13. The van der Waals surface area contributed by atoms with Gasteiger partial charge in [0.1, 0.15) is 0 Å². The fraction of sp³-hybridized carbons (Fsp3) is 0.786. The number of hydrogen-bond donors (Lipinski definition) is 1. The lowest BCUT2D eigenvalue weighted by atomic mass is 9.98. The van der Waals surface area contributed by atoms with E-state index in [1.165, 1.54) is 17.8 Å². The van der Waals surface area contributed by atoms with Crippen LogP contribution in [0.3, 0.4) is 0 Å². The van der Waals surface area contributed by atoms with Gasteiger partial charge in [-0.25, -0.2) is 0 Å². The molecule has 0 aliphatic rings. The molecule has 1 aromatic heterocycles. The standard InChI is InChI=1S/C14H27N3/c1-6-12-10-13(17(7-2)16-12)8-9-14(15-5)11(3)4/h10-11,14-15H,6-9H2,1-5H3. The molecule has 3 heteroatoms. The summed E-state index contributed by atoms with van der Waals surface area (Å²) in [4.78, 5) is 0. The van der Waals surface area contributed by atoms with Crippen LogP contribution in [0.15, 0.2) is 6.07 Å². The van der Waals surface area contributed by atoms with E-state index in [0.717, 1.165) is 19.4 Å². The van der Waals surface area contributed by atoms with Gasteiger partial charge in [0.2, 0.25) is 0 Å². The van der Waals surface area contributed by atoms with Crippen molar-refractivity contribution in [2.45, 2.75) is 59.5 Å². The number of rotatable bonds is 7. The van der Waals surface area contributed by atoms with Gasteiger partial charge in [0.15, 0.2) is 0 Å². The van der Waals surface area contributed by atoms with Gasteiger partial charge < -0.3 is 5.32 Å². The molecule has 0 fully saturated rings. The third kappa shape index (κ3) is 3.84. The van der Waals surface area contributed by atoms with E-state index >= 15 is 0 Å². The van der Waals surface area contributed by atoms with E-state index in [1.807, 2.05) is 0 Å². The smallest absolute Gasteiger partial charge is 0.0624 e. The maximum atomic E-state index is 4.59. The Kier molecular flexibility index (Phi) is 5.69. The average Bonchev–Trinajstić information content (AvgIpc) is 2.72. The predicted molar refractivity (Wildman–Crippen MR) is 73.3 cm³/mol. The first-order valence-corrected chi connectivity index (χ1v) is 6.85. The number of nitrogens with one attached hydrogen (secondary N) is 1. The lowest BCUT2D eigenvalue weighted by molar-refractivity contribution is 0.398. The van der Waals surface area contributed by atoms with Gasteiger partial charge in [0.05, 0.1) is 5.69 Å². The molecule has 0 aromatic carbocycles. The molecule has 1 aromatic rings. The Balaban J connectivity index is 2.64. The van der Waals surface area contributed by atoms with Crippen LogP contribution in [0.1, 0.15) is 45.5 Å². The second kappa shape index (κ2) is 6.80. The first-order chi connectivity index (χ1) is 8.12. The Bertz CT molecular complexity index is 328. The molecular formula is C14H27N3. The number of hydrogen-bond acceptors (Lipinski definition) is 2. The molecule has 0 spiro atoms. The van der Waals surface area contributed by atoms with E-state index in [-0.39, 0.29) is 0 Å². The van der Waals surface area contributed by atoms with Crippen molar-refractivity contribution in [3.05, 3.63) is 17.5 Å². The van der Waals surface area contributed by atoms with Gasteiger partial charge in [0.25, 0.3) is 0 Å². The van der Waals surface area contributed by atoms with E-state index < -0.39 is 0 Å². The molecule has 3 nitrogen and oxygen atoms in total. The van der Waals surface area contributed by atoms with Crippen LogP contribution in [0.25, 0.3) is 0 Å². The summed E-state index contributed by atoms with van der Waals surface area (Å²) in [6, 6.07) is 2.86. The lowest BCUT2D eigenvalue weighted by Crippen LogP contribution is -2.31. The highest BCUT2D eigenvalue weighted by Crippen LogP contribution is 2.13. The van der Waals surface area contributed by atoms with Crippen LogP contribution < -0.4 is 5.32 Å². The van der Waals surface area contributed by atoms with Crippen molar-refractivity contribution in [1.29, 1.82) is 0 Å². The summed E-state index contributed by atoms with van der Waals surface area (Å²) < 4.78 is 2.14. The highest BCUT2D eigenvalue weighted by molar-refractivity contribution is 5.11. The van der Waals surface area contributed by atoms with E-state index in [2.05, 4.69) is 55.9 Å². The second-order valence-corrected chi connectivity index (χ2v) is 4.97. The quantitative estimate of drug-likeness (QED) is 0.790. The van der Waals surface area contributed by atoms with Crippen molar-refractivity contribution in [2.24, 2.45) is 5.92 Å². The minimum absolute atomic E-state index is 0.597. The van der Waals surface area contributed by atoms with Gasteiger partial charge in [-0.05, 0) is 45.2 Å². The maximum Gasteiger partial charge on any atom is 0.0624 e. The van der Waals surface area contributed by atoms with E-state index in [9.17, 15) is 0 Å². The Morgan fingerprint density at radius 3 is 2.53 bits per heavy atom. The van der Waals surface area contributed by atoms with Crippen molar-refractivity contribution >= 4 is 0 Å². The molecule has 1 unspecified atom stereocenters. The molecule has 1 rings (SSSR count). The van der Waals surface area contributed by atoms with Crippen molar-refractivity contribution in [1.82, 2.24) is 15.1 Å². The zero-order valence-corrected chi connectivity index (χ0v) is 12.0.